The highest BCUT2D eigenvalue weighted by atomic mass is 19.1. The first-order valence-corrected chi connectivity index (χ1v) is 7.50. The van der Waals surface area contributed by atoms with E-state index in [9.17, 15) is 4.39 Å². The first kappa shape index (κ1) is 15.7. The molecular weight excluding hydrogens is 265 g/mol. The van der Waals surface area contributed by atoms with Crippen LogP contribution in [0.3, 0.4) is 0 Å². The lowest BCUT2D eigenvalue weighted by Gasteiger charge is -2.35. The predicted octanol–water partition coefficient (Wildman–Crippen LogP) is 3.67. The van der Waals surface area contributed by atoms with E-state index < -0.39 is 0 Å². The van der Waals surface area contributed by atoms with E-state index in [1.54, 1.807) is 0 Å². The van der Waals surface area contributed by atoms with Gasteiger partial charge in [0.2, 0.25) is 0 Å². The molecule has 3 nitrogen and oxygen atoms in total. The average Bonchev–Trinajstić information content (AvgIpc) is 2.93. The van der Waals surface area contributed by atoms with Crippen molar-refractivity contribution in [3.05, 3.63) is 53.6 Å². The summed E-state index contributed by atoms with van der Waals surface area (Å²) in [6.45, 7) is 10.2. The predicted molar refractivity (Wildman–Crippen MR) is 83.7 cm³/mol. The van der Waals surface area contributed by atoms with Crippen LogP contribution in [0.15, 0.2) is 36.7 Å². The Morgan fingerprint density at radius 3 is 2.43 bits per heavy atom. The highest BCUT2D eigenvalue weighted by molar-refractivity contribution is 5.30. The summed E-state index contributed by atoms with van der Waals surface area (Å²) in [6, 6.07) is 6.91. The lowest BCUT2D eigenvalue weighted by molar-refractivity contribution is 0.353. The number of aryl methyl sites for hydroxylation is 1. The summed E-state index contributed by atoms with van der Waals surface area (Å²) in [5, 5.41) is 7.92. The van der Waals surface area contributed by atoms with Crippen LogP contribution >= 0.6 is 0 Å². The van der Waals surface area contributed by atoms with Crippen LogP contribution in [0.2, 0.25) is 0 Å². The van der Waals surface area contributed by atoms with Gasteiger partial charge in [0.15, 0.2) is 0 Å². The molecule has 0 radical (unpaired) electrons. The van der Waals surface area contributed by atoms with Gasteiger partial charge in [0.25, 0.3) is 0 Å². The van der Waals surface area contributed by atoms with Crippen molar-refractivity contribution < 1.29 is 4.39 Å². The highest BCUT2D eigenvalue weighted by Crippen LogP contribution is 2.36. The third-order valence-electron chi connectivity index (χ3n) is 4.03. The molecule has 1 N–H and O–H groups in total. The fourth-order valence-electron chi connectivity index (χ4n) is 2.74. The molecule has 0 bridgehead atoms. The molecule has 1 aromatic carbocycles. The maximum absolute atomic E-state index is 13.2. The van der Waals surface area contributed by atoms with Crippen molar-refractivity contribution in [3.8, 4) is 0 Å². The Kier molecular flexibility index (Phi) is 4.78. The van der Waals surface area contributed by atoms with Crippen molar-refractivity contribution >= 4 is 0 Å². The molecule has 0 spiro atoms. The van der Waals surface area contributed by atoms with Crippen LogP contribution in [0.25, 0.3) is 0 Å². The van der Waals surface area contributed by atoms with Gasteiger partial charge in [0, 0.05) is 29.8 Å². The molecule has 1 unspecified atom stereocenters. The van der Waals surface area contributed by atoms with Crippen LogP contribution in [-0.2, 0) is 12.0 Å². The SMILES string of the molecule is CCNC(c1cnn(CC)c1)C(C)(C)c1ccc(F)cc1. The highest BCUT2D eigenvalue weighted by Gasteiger charge is 2.32. The van der Waals surface area contributed by atoms with E-state index in [2.05, 4.69) is 44.3 Å². The van der Waals surface area contributed by atoms with Gasteiger partial charge in [-0.25, -0.2) is 4.39 Å². The minimum Gasteiger partial charge on any atom is -0.309 e. The summed E-state index contributed by atoms with van der Waals surface area (Å²) in [5.41, 5.74) is 2.11. The summed E-state index contributed by atoms with van der Waals surface area (Å²) in [4.78, 5) is 0. The monoisotopic (exact) mass is 289 g/mol. The van der Waals surface area contributed by atoms with Gasteiger partial charge in [-0.05, 0) is 31.2 Å². The number of nitrogens with zero attached hydrogens (tertiary/aromatic N) is 2. The van der Waals surface area contributed by atoms with E-state index in [0.29, 0.717) is 0 Å². The van der Waals surface area contributed by atoms with Crippen molar-refractivity contribution in [2.75, 3.05) is 6.54 Å². The van der Waals surface area contributed by atoms with Gasteiger partial charge < -0.3 is 5.32 Å². The molecule has 114 valence electrons. The largest absolute Gasteiger partial charge is 0.309 e. The van der Waals surface area contributed by atoms with E-state index in [1.165, 1.54) is 12.1 Å². The van der Waals surface area contributed by atoms with Crippen molar-refractivity contribution in [2.24, 2.45) is 0 Å². The van der Waals surface area contributed by atoms with E-state index in [0.717, 1.165) is 24.2 Å². The fourth-order valence-corrected chi connectivity index (χ4v) is 2.74. The Balaban J connectivity index is 2.37. The van der Waals surface area contributed by atoms with Crippen LogP contribution < -0.4 is 5.32 Å². The molecule has 1 aromatic heterocycles. The van der Waals surface area contributed by atoms with Gasteiger partial charge >= 0.3 is 0 Å². The Bertz CT molecular complexity index is 572. The smallest absolute Gasteiger partial charge is 0.123 e. The van der Waals surface area contributed by atoms with Gasteiger partial charge in [-0.1, -0.05) is 32.9 Å². The molecule has 0 aliphatic carbocycles. The second-order valence-electron chi connectivity index (χ2n) is 5.85. The second-order valence-corrected chi connectivity index (χ2v) is 5.85. The van der Waals surface area contributed by atoms with E-state index >= 15 is 0 Å². The topological polar surface area (TPSA) is 29.9 Å². The Hall–Kier alpha value is -1.68. The van der Waals surface area contributed by atoms with Gasteiger partial charge in [0.05, 0.1) is 6.20 Å². The van der Waals surface area contributed by atoms with Gasteiger partial charge in [-0.15, -0.1) is 0 Å². The third-order valence-corrected chi connectivity index (χ3v) is 4.03. The standard InChI is InChI=1S/C17H24FN3/c1-5-19-16(13-11-20-21(6-2)12-13)17(3,4)14-7-9-15(18)10-8-14/h7-12,16,19H,5-6H2,1-4H3. The third kappa shape index (κ3) is 3.32. The minimum atomic E-state index is -0.201. The fraction of sp³-hybridized carbons (Fsp3) is 0.471. The molecule has 2 rings (SSSR count). The lowest BCUT2D eigenvalue weighted by Crippen LogP contribution is -2.37. The van der Waals surface area contributed by atoms with Crippen LogP contribution in [0.4, 0.5) is 4.39 Å². The van der Waals surface area contributed by atoms with Crippen molar-refractivity contribution in [3.63, 3.8) is 0 Å². The lowest BCUT2D eigenvalue weighted by atomic mass is 9.75. The Morgan fingerprint density at radius 2 is 1.90 bits per heavy atom. The first-order valence-electron chi connectivity index (χ1n) is 7.50. The van der Waals surface area contributed by atoms with Crippen molar-refractivity contribution in [2.45, 2.75) is 45.7 Å². The van der Waals surface area contributed by atoms with Crippen LogP contribution in [0.1, 0.15) is 44.9 Å². The summed E-state index contributed by atoms with van der Waals surface area (Å²) < 4.78 is 15.1. The number of hydrogen-bond donors (Lipinski definition) is 1. The van der Waals surface area contributed by atoms with Gasteiger partial charge in [-0.3, -0.25) is 4.68 Å². The molecule has 0 amide bonds. The number of benzene rings is 1. The van der Waals surface area contributed by atoms with Gasteiger partial charge in [-0.2, -0.15) is 5.10 Å². The zero-order valence-corrected chi connectivity index (χ0v) is 13.2. The number of aromatic nitrogens is 2. The number of halogens is 1. The van der Waals surface area contributed by atoms with Crippen LogP contribution in [0.5, 0.6) is 0 Å². The van der Waals surface area contributed by atoms with Crippen molar-refractivity contribution in [1.29, 1.82) is 0 Å². The average molecular weight is 289 g/mol. The molecule has 0 saturated heterocycles. The number of nitrogens with one attached hydrogen (secondary N) is 1. The molecule has 21 heavy (non-hydrogen) atoms. The molecule has 0 aliphatic rings. The second kappa shape index (κ2) is 6.39. The molecule has 2 aromatic rings. The Morgan fingerprint density at radius 1 is 1.24 bits per heavy atom. The normalized spacial score (nSPS) is 13.4. The van der Waals surface area contributed by atoms with E-state index in [4.69, 9.17) is 0 Å². The van der Waals surface area contributed by atoms with Crippen LogP contribution in [0, 0.1) is 5.82 Å². The number of likely N-dealkylation sites (N-methyl/N-ethyl adjacent to an activating group) is 1. The molecule has 1 atom stereocenters. The number of hydrogen-bond acceptors (Lipinski definition) is 2. The minimum absolute atomic E-state index is 0.133. The summed E-state index contributed by atoms with van der Waals surface area (Å²) in [7, 11) is 0. The molecular formula is C17H24FN3. The summed E-state index contributed by atoms with van der Waals surface area (Å²) in [6.07, 6.45) is 4.00. The summed E-state index contributed by atoms with van der Waals surface area (Å²) >= 11 is 0. The first-order chi connectivity index (χ1) is 9.98. The summed E-state index contributed by atoms with van der Waals surface area (Å²) in [5.74, 6) is -0.201. The maximum atomic E-state index is 13.2. The van der Waals surface area contributed by atoms with Crippen molar-refractivity contribution in [1.82, 2.24) is 15.1 Å². The molecule has 4 heteroatoms. The Labute approximate surface area is 126 Å². The van der Waals surface area contributed by atoms with E-state index in [1.807, 2.05) is 23.0 Å². The molecule has 0 aliphatic heterocycles. The maximum Gasteiger partial charge on any atom is 0.123 e. The van der Waals surface area contributed by atoms with Gasteiger partial charge in [0.1, 0.15) is 5.82 Å². The molecule has 1 heterocycles. The van der Waals surface area contributed by atoms with E-state index in [-0.39, 0.29) is 17.3 Å². The zero-order chi connectivity index (χ0) is 15.5. The molecule has 0 saturated carbocycles. The zero-order valence-electron chi connectivity index (χ0n) is 13.2. The quantitative estimate of drug-likeness (QED) is 0.879. The number of rotatable bonds is 6. The van der Waals surface area contributed by atoms with Crippen LogP contribution in [-0.4, -0.2) is 16.3 Å². The molecule has 0 fully saturated rings.